The fourth-order valence-electron chi connectivity index (χ4n) is 2.70. The van der Waals surface area contributed by atoms with Crippen LogP contribution in [0.4, 0.5) is 4.39 Å². The maximum absolute atomic E-state index is 13.4. The van der Waals surface area contributed by atoms with Crippen molar-refractivity contribution < 1.29 is 4.39 Å². The van der Waals surface area contributed by atoms with Crippen molar-refractivity contribution in [2.75, 3.05) is 32.9 Å². The van der Waals surface area contributed by atoms with Crippen molar-refractivity contribution in [3.05, 3.63) is 34.9 Å². The lowest BCUT2D eigenvalue weighted by Crippen LogP contribution is -2.46. The zero-order chi connectivity index (χ0) is 12.3. The van der Waals surface area contributed by atoms with Crippen molar-refractivity contribution >= 4 is 0 Å². The summed E-state index contributed by atoms with van der Waals surface area (Å²) in [5, 5.41) is 3.31. The first-order valence-corrected chi connectivity index (χ1v) is 6.31. The zero-order valence-electron chi connectivity index (χ0n) is 10.7. The van der Waals surface area contributed by atoms with Gasteiger partial charge in [-0.15, -0.1) is 0 Å². The van der Waals surface area contributed by atoms with E-state index < -0.39 is 0 Å². The third kappa shape index (κ3) is 2.67. The average molecular weight is 236 g/mol. The number of aryl methyl sites for hydroxylation is 2. The van der Waals surface area contributed by atoms with Crippen LogP contribution in [0.2, 0.25) is 0 Å². The quantitative estimate of drug-likeness (QED) is 0.865. The van der Waals surface area contributed by atoms with E-state index in [2.05, 4.69) is 36.2 Å². The van der Waals surface area contributed by atoms with Gasteiger partial charge in [0.25, 0.3) is 0 Å². The summed E-state index contributed by atoms with van der Waals surface area (Å²) in [5.41, 5.74) is 3.58. The highest BCUT2D eigenvalue weighted by atomic mass is 19.1. The Balaban J connectivity index is 2.27. The smallest absolute Gasteiger partial charge is 0.109 e. The zero-order valence-corrected chi connectivity index (χ0v) is 10.7. The number of nitrogens with one attached hydrogen (secondary N) is 1. The molecule has 0 amide bonds. The van der Waals surface area contributed by atoms with Crippen molar-refractivity contribution in [1.29, 1.82) is 0 Å². The van der Waals surface area contributed by atoms with Crippen LogP contribution in [0.15, 0.2) is 18.2 Å². The molecule has 94 valence electrons. The Kier molecular flexibility index (Phi) is 4.13. The molecule has 1 aliphatic rings. The van der Waals surface area contributed by atoms with Gasteiger partial charge in [0, 0.05) is 26.2 Å². The Morgan fingerprint density at radius 1 is 1.24 bits per heavy atom. The molecule has 0 saturated carbocycles. The van der Waals surface area contributed by atoms with Crippen molar-refractivity contribution in [1.82, 2.24) is 10.2 Å². The average Bonchev–Trinajstić information content (AvgIpc) is 2.35. The number of alkyl halides is 1. The highest BCUT2D eigenvalue weighted by Gasteiger charge is 2.24. The van der Waals surface area contributed by atoms with Gasteiger partial charge in [-0.2, -0.15) is 0 Å². The molecule has 2 nitrogen and oxygen atoms in total. The second-order valence-corrected chi connectivity index (χ2v) is 4.76. The van der Waals surface area contributed by atoms with E-state index in [-0.39, 0.29) is 12.7 Å². The van der Waals surface area contributed by atoms with Gasteiger partial charge in [0.05, 0.1) is 6.04 Å². The van der Waals surface area contributed by atoms with Gasteiger partial charge in [-0.1, -0.05) is 18.2 Å². The van der Waals surface area contributed by atoms with Crippen LogP contribution in [0.25, 0.3) is 0 Å². The monoisotopic (exact) mass is 236 g/mol. The summed E-state index contributed by atoms with van der Waals surface area (Å²) in [6, 6.07) is 6.13. The number of hydrogen-bond acceptors (Lipinski definition) is 2. The highest BCUT2D eigenvalue weighted by molar-refractivity contribution is 5.36. The minimum Gasteiger partial charge on any atom is -0.314 e. The van der Waals surface area contributed by atoms with Crippen molar-refractivity contribution in [2.45, 2.75) is 19.9 Å². The molecule has 1 saturated heterocycles. The summed E-state index contributed by atoms with van der Waals surface area (Å²) < 4.78 is 13.4. The summed E-state index contributed by atoms with van der Waals surface area (Å²) in [5.74, 6) is 0. The first-order valence-electron chi connectivity index (χ1n) is 6.31. The third-order valence-electron chi connectivity index (χ3n) is 3.61. The Hall–Kier alpha value is -0.930. The van der Waals surface area contributed by atoms with E-state index in [1.54, 1.807) is 0 Å². The first kappa shape index (κ1) is 12.5. The van der Waals surface area contributed by atoms with Gasteiger partial charge in [-0.3, -0.25) is 4.90 Å². The number of halogens is 1. The number of hydrogen-bond donors (Lipinski definition) is 1. The fraction of sp³-hybridized carbons (Fsp3) is 0.571. The lowest BCUT2D eigenvalue weighted by atomic mass is 9.95. The Labute approximate surface area is 103 Å². The molecule has 1 N–H and O–H groups in total. The van der Waals surface area contributed by atoms with Gasteiger partial charge >= 0.3 is 0 Å². The molecule has 0 bridgehead atoms. The van der Waals surface area contributed by atoms with E-state index >= 15 is 0 Å². The van der Waals surface area contributed by atoms with Crippen LogP contribution in [0.1, 0.15) is 22.7 Å². The summed E-state index contributed by atoms with van der Waals surface area (Å²) in [4.78, 5) is 2.26. The van der Waals surface area contributed by atoms with Gasteiger partial charge in [0.1, 0.15) is 6.67 Å². The van der Waals surface area contributed by atoms with Crippen LogP contribution in [0.3, 0.4) is 0 Å². The van der Waals surface area contributed by atoms with Crippen LogP contribution in [0, 0.1) is 13.8 Å². The van der Waals surface area contributed by atoms with Crippen LogP contribution >= 0.6 is 0 Å². The second kappa shape index (κ2) is 5.61. The largest absolute Gasteiger partial charge is 0.314 e. The predicted octanol–water partition coefficient (Wildman–Crippen LogP) is 2.22. The van der Waals surface area contributed by atoms with Crippen LogP contribution in [0.5, 0.6) is 0 Å². The van der Waals surface area contributed by atoms with Gasteiger partial charge < -0.3 is 5.32 Å². The van der Waals surface area contributed by atoms with E-state index in [4.69, 9.17) is 0 Å². The molecule has 0 aromatic heterocycles. The molecule has 1 aromatic carbocycles. The van der Waals surface area contributed by atoms with Crippen LogP contribution in [-0.4, -0.2) is 37.8 Å². The number of benzene rings is 1. The molecule has 3 heteroatoms. The number of rotatable bonds is 3. The minimum atomic E-state index is -0.300. The summed E-state index contributed by atoms with van der Waals surface area (Å²) in [6.45, 7) is 7.64. The van der Waals surface area contributed by atoms with Crippen molar-refractivity contribution in [3.8, 4) is 0 Å². The lowest BCUT2D eigenvalue weighted by Gasteiger charge is -2.35. The van der Waals surface area contributed by atoms with E-state index in [1.165, 1.54) is 16.7 Å². The Bertz CT molecular complexity index is 352. The van der Waals surface area contributed by atoms with E-state index in [0.717, 1.165) is 26.2 Å². The fourth-order valence-corrected chi connectivity index (χ4v) is 2.70. The van der Waals surface area contributed by atoms with Gasteiger partial charge in [-0.05, 0) is 30.5 Å². The molecule has 2 rings (SSSR count). The molecule has 1 aliphatic heterocycles. The summed E-state index contributed by atoms with van der Waals surface area (Å²) in [7, 11) is 0. The second-order valence-electron chi connectivity index (χ2n) is 4.76. The molecular formula is C14H21FN2. The number of nitrogens with zero attached hydrogens (tertiary/aromatic N) is 1. The topological polar surface area (TPSA) is 15.3 Å². The van der Waals surface area contributed by atoms with Gasteiger partial charge in [0.2, 0.25) is 0 Å². The molecular weight excluding hydrogens is 215 g/mol. The molecule has 1 fully saturated rings. The highest BCUT2D eigenvalue weighted by Crippen LogP contribution is 2.27. The minimum absolute atomic E-state index is 0.0710. The predicted molar refractivity (Wildman–Crippen MR) is 69.1 cm³/mol. The maximum Gasteiger partial charge on any atom is 0.109 e. The van der Waals surface area contributed by atoms with E-state index in [1.807, 2.05) is 6.07 Å². The lowest BCUT2D eigenvalue weighted by molar-refractivity contribution is 0.146. The van der Waals surface area contributed by atoms with E-state index in [0.29, 0.717) is 0 Å². The summed E-state index contributed by atoms with van der Waals surface area (Å²) in [6.07, 6.45) is 0. The molecule has 17 heavy (non-hydrogen) atoms. The summed E-state index contributed by atoms with van der Waals surface area (Å²) >= 11 is 0. The van der Waals surface area contributed by atoms with Crippen LogP contribution in [-0.2, 0) is 0 Å². The molecule has 0 unspecified atom stereocenters. The molecule has 0 spiro atoms. The standard InChI is InChI=1S/C14H21FN2/c1-11-4-3-5-12(2)14(11)13(10-15)17-8-6-16-7-9-17/h3-5,13,16H,6-10H2,1-2H3/t13-/m1/s1. The normalized spacial score (nSPS) is 19.2. The molecule has 1 aromatic rings. The van der Waals surface area contributed by atoms with Crippen molar-refractivity contribution in [2.24, 2.45) is 0 Å². The maximum atomic E-state index is 13.4. The number of piperazine rings is 1. The molecule has 1 heterocycles. The van der Waals surface area contributed by atoms with Crippen LogP contribution < -0.4 is 5.32 Å². The third-order valence-corrected chi connectivity index (χ3v) is 3.61. The SMILES string of the molecule is Cc1cccc(C)c1[C@@H](CF)N1CCNCC1. The molecule has 1 atom stereocenters. The molecule has 0 radical (unpaired) electrons. The Morgan fingerprint density at radius 2 is 1.82 bits per heavy atom. The first-order chi connectivity index (χ1) is 8.24. The Morgan fingerprint density at radius 3 is 2.35 bits per heavy atom. The van der Waals surface area contributed by atoms with E-state index in [9.17, 15) is 4.39 Å². The molecule has 0 aliphatic carbocycles. The van der Waals surface area contributed by atoms with Gasteiger partial charge in [-0.25, -0.2) is 4.39 Å². The van der Waals surface area contributed by atoms with Gasteiger partial charge in [0.15, 0.2) is 0 Å². The van der Waals surface area contributed by atoms with Crippen molar-refractivity contribution in [3.63, 3.8) is 0 Å².